The van der Waals surface area contributed by atoms with Gasteiger partial charge in [-0.3, -0.25) is 4.52 Å². The van der Waals surface area contributed by atoms with Gasteiger partial charge in [-0.15, -0.1) is 0 Å². The van der Waals surface area contributed by atoms with E-state index in [-0.39, 0.29) is 6.07 Å². The molecule has 5 heteroatoms. The first-order valence-electron chi connectivity index (χ1n) is 5.10. The number of halogens is 1. The first-order chi connectivity index (χ1) is 6.85. The van der Waals surface area contributed by atoms with Crippen LogP contribution in [0.2, 0.25) is 0 Å². The van der Waals surface area contributed by atoms with Crippen molar-refractivity contribution in [3.05, 3.63) is 0 Å². The van der Waals surface area contributed by atoms with Crippen LogP contribution in [0, 0.1) is 0 Å². The monoisotopic (exact) mass is 242 g/mol. The Morgan fingerprint density at radius 2 is 1.43 bits per heavy atom. The molecule has 0 radical (unpaired) electrons. The van der Waals surface area contributed by atoms with Gasteiger partial charge in [0.25, 0.3) is 0 Å². The van der Waals surface area contributed by atoms with Gasteiger partial charge in [0.2, 0.25) is 0 Å². The molecule has 0 saturated heterocycles. The van der Waals surface area contributed by atoms with Gasteiger partial charge < -0.3 is 9.05 Å². The summed E-state index contributed by atoms with van der Waals surface area (Å²) < 4.78 is 15.9. The van der Waals surface area contributed by atoms with Crippen LogP contribution in [0.25, 0.3) is 0 Å². The van der Waals surface area contributed by atoms with E-state index >= 15 is 0 Å². The largest absolute Gasteiger partial charge is 0.333 e. The zero-order valence-corrected chi connectivity index (χ0v) is 10.7. The minimum Gasteiger partial charge on any atom is -0.312 e. The molecule has 0 aromatic heterocycles. The fourth-order valence-corrected chi connectivity index (χ4v) is 1.82. The van der Waals surface area contributed by atoms with Gasteiger partial charge in [0, 0.05) is 0 Å². The van der Waals surface area contributed by atoms with Crippen molar-refractivity contribution in [2.24, 2.45) is 0 Å². The van der Waals surface area contributed by atoms with E-state index in [2.05, 4.69) is 13.8 Å². The topological polar surface area (TPSA) is 27.7 Å². The van der Waals surface area contributed by atoms with Gasteiger partial charge in [-0.2, -0.15) is 0 Å². The fourth-order valence-electron chi connectivity index (χ4n) is 0.718. The second-order valence-corrected chi connectivity index (χ2v) is 4.28. The SMILES string of the molecule is CCCCOP(OCCl)OCCCC. The summed E-state index contributed by atoms with van der Waals surface area (Å²) in [5.41, 5.74) is 0. The maximum absolute atomic E-state index is 5.46. The molecule has 0 heterocycles. The first-order valence-corrected chi connectivity index (χ1v) is 6.73. The summed E-state index contributed by atoms with van der Waals surface area (Å²) in [6, 6.07) is 0.129. The molecule has 0 unspecified atom stereocenters. The summed E-state index contributed by atoms with van der Waals surface area (Å²) in [4.78, 5) is 0. The highest BCUT2D eigenvalue weighted by Crippen LogP contribution is 2.40. The molecule has 0 saturated carbocycles. The van der Waals surface area contributed by atoms with E-state index in [1.807, 2.05) is 0 Å². The van der Waals surface area contributed by atoms with Crippen molar-refractivity contribution in [2.45, 2.75) is 39.5 Å². The van der Waals surface area contributed by atoms with Crippen molar-refractivity contribution in [2.75, 3.05) is 19.3 Å². The van der Waals surface area contributed by atoms with E-state index in [1.54, 1.807) is 0 Å². The molecular weight excluding hydrogens is 223 g/mol. The lowest BCUT2D eigenvalue weighted by molar-refractivity contribution is 0.172. The van der Waals surface area contributed by atoms with Gasteiger partial charge in [-0.25, -0.2) is 0 Å². The predicted molar refractivity (Wildman–Crippen MR) is 60.4 cm³/mol. The maximum atomic E-state index is 5.46. The van der Waals surface area contributed by atoms with E-state index in [0.717, 1.165) is 25.7 Å². The number of unbranched alkanes of at least 4 members (excludes halogenated alkanes) is 2. The third-order valence-corrected chi connectivity index (χ3v) is 2.93. The lowest BCUT2D eigenvalue weighted by atomic mass is 10.4. The molecule has 0 aliphatic rings. The summed E-state index contributed by atoms with van der Waals surface area (Å²) in [5.74, 6) is 0. The third-order valence-electron chi connectivity index (χ3n) is 1.54. The minimum atomic E-state index is -1.22. The summed E-state index contributed by atoms with van der Waals surface area (Å²) in [7, 11) is -1.22. The maximum Gasteiger partial charge on any atom is 0.333 e. The average molecular weight is 243 g/mol. The smallest absolute Gasteiger partial charge is 0.312 e. The summed E-state index contributed by atoms with van der Waals surface area (Å²) in [6.07, 6.45) is 4.28. The molecule has 0 aromatic rings. The lowest BCUT2D eigenvalue weighted by Crippen LogP contribution is -1.97. The van der Waals surface area contributed by atoms with Gasteiger partial charge in [0.15, 0.2) is 0 Å². The van der Waals surface area contributed by atoms with E-state index in [9.17, 15) is 0 Å². The second-order valence-electron chi connectivity index (χ2n) is 2.84. The second kappa shape index (κ2) is 11.7. The van der Waals surface area contributed by atoms with E-state index in [4.69, 9.17) is 25.2 Å². The molecule has 0 bridgehead atoms. The van der Waals surface area contributed by atoms with Gasteiger partial charge in [0.1, 0.15) is 6.07 Å². The van der Waals surface area contributed by atoms with Crippen LogP contribution >= 0.6 is 20.2 Å². The fraction of sp³-hybridized carbons (Fsp3) is 1.00. The van der Waals surface area contributed by atoms with E-state index < -0.39 is 8.60 Å². The summed E-state index contributed by atoms with van der Waals surface area (Å²) in [6.45, 7) is 5.61. The predicted octanol–water partition coefficient (Wildman–Crippen LogP) is 4.06. The molecule has 0 amide bonds. The zero-order chi connectivity index (χ0) is 10.6. The molecule has 0 rings (SSSR count). The Bertz CT molecular complexity index is 106. The molecule has 0 fully saturated rings. The van der Waals surface area contributed by atoms with Crippen molar-refractivity contribution < 1.29 is 13.6 Å². The Labute approximate surface area is 93.1 Å². The Morgan fingerprint density at radius 1 is 0.929 bits per heavy atom. The Hall–Kier alpha value is 0.600. The molecule has 0 atom stereocenters. The number of alkyl halides is 1. The van der Waals surface area contributed by atoms with Crippen LogP contribution in [-0.4, -0.2) is 19.3 Å². The normalized spacial score (nSPS) is 11.1. The van der Waals surface area contributed by atoms with Crippen LogP contribution in [0.5, 0.6) is 0 Å². The summed E-state index contributed by atoms with van der Waals surface area (Å²) >= 11 is 5.46. The molecule has 0 aliphatic heterocycles. The first kappa shape index (κ1) is 14.6. The van der Waals surface area contributed by atoms with Crippen molar-refractivity contribution in [1.29, 1.82) is 0 Å². The quantitative estimate of drug-likeness (QED) is 0.328. The standard InChI is InChI=1S/C9H20ClO3P/c1-3-5-7-11-14(13-9-10)12-8-6-4-2/h3-9H2,1-2H3. The molecule has 0 N–H and O–H groups in total. The molecule has 0 spiro atoms. The zero-order valence-electron chi connectivity index (χ0n) is 9.00. The van der Waals surface area contributed by atoms with Crippen LogP contribution in [0.1, 0.15) is 39.5 Å². The number of hydrogen-bond acceptors (Lipinski definition) is 3. The van der Waals surface area contributed by atoms with Crippen LogP contribution in [-0.2, 0) is 13.6 Å². The molecule has 3 nitrogen and oxygen atoms in total. The third kappa shape index (κ3) is 9.17. The van der Waals surface area contributed by atoms with Crippen molar-refractivity contribution >= 4 is 20.2 Å². The van der Waals surface area contributed by atoms with Gasteiger partial charge in [0.05, 0.1) is 13.2 Å². The molecule has 14 heavy (non-hydrogen) atoms. The van der Waals surface area contributed by atoms with Gasteiger partial charge >= 0.3 is 8.60 Å². The minimum absolute atomic E-state index is 0.129. The van der Waals surface area contributed by atoms with Gasteiger partial charge in [-0.1, -0.05) is 38.3 Å². The van der Waals surface area contributed by atoms with Crippen molar-refractivity contribution in [3.63, 3.8) is 0 Å². The number of hydrogen-bond donors (Lipinski definition) is 0. The number of rotatable bonds is 10. The highest BCUT2D eigenvalue weighted by molar-refractivity contribution is 7.41. The Kier molecular flexibility index (Phi) is 12.2. The summed E-state index contributed by atoms with van der Waals surface area (Å²) in [5, 5.41) is 0. The van der Waals surface area contributed by atoms with Crippen LogP contribution in [0.3, 0.4) is 0 Å². The molecule has 0 aromatic carbocycles. The van der Waals surface area contributed by atoms with Crippen LogP contribution in [0.15, 0.2) is 0 Å². The van der Waals surface area contributed by atoms with Crippen molar-refractivity contribution in [3.8, 4) is 0 Å². The molecule has 0 aliphatic carbocycles. The molecular formula is C9H20ClO3P. The average Bonchev–Trinajstić information content (AvgIpc) is 2.18. The van der Waals surface area contributed by atoms with E-state index in [1.165, 1.54) is 0 Å². The van der Waals surface area contributed by atoms with Gasteiger partial charge in [-0.05, 0) is 12.8 Å². The van der Waals surface area contributed by atoms with Crippen LogP contribution < -0.4 is 0 Å². The Balaban J connectivity index is 3.44. The lowest BCUT2D eigenvalue weighted by Gasteiger charge is -2.14. The highest BCUT2D eigenvalue weighted by Gasteiger charge is 2.10. The van der Waals surface area contributed by atoms with E-state index in [0.29, 0.717) is 13.2 Å². The van der Waals surface area contributed by atoms with Crippen LogP contribution in [0.4, 0.5) is 0 Å². The Morgan fingerprint density at radius 3 is 1.79 bits per heavy atom. The molecule has 86 valence electrons. The highest BCUT2D eigenvalue weighted by atomic mass is 35.5. The van der Waals surface area contributed by atoms with Crippen molar-refractivity contribution in [1.82, 2.24) is 0 Å².